The zero-order valence-corrected chi connectivity index (χ0v) is 18.5. The molecular weight excluding hydrogens is 342 g/mol. The third kappa shape index (κ3) is 20.1. The summed E-state index contributed by atoms with van der Waals surface area (Å²) in [6, 6.07) is 0. The molecule has 0 rings (SSSR count). The average molecular weight is 388 g/mol. The Kier molecular flexibility index (Phi) is 20.9. The van der Waals surface area contributed by atoms with Gasteiger partial charge in [0.15, 0.2) is 0 Å². The van der Waals surface area contributed by atoms with Crippen LogP contribution in [0.1, 0.15) is 129 Å². The first-order valence-corrected chi connectivity index (χ1v) is 11.8. The number of nitrogens with one attached hydrogen (secondary N) is 1. The van der Waals surface area contributed by atoms with Crippen molar-refractivity contribution in [1.82, 2.24) is 5.48 Å². The highest BCUT2D eigenvalue weighted by Crippen LogP contribution is 2.15. The zero-order chi connectivity index (χ0) is 19.3. The Balaban J connectivity index is 3.18. The molecule has 1 amide bonds. The maximum atomic E-state index is 10.7. The Morgan fingerprint density at radius 2 is 1.12 bits per heavy atom. The quantitative estimate of drug-likeness (QED) is 0.126. The van der Waals surface area contributed by atoms with Crippen LogP contribution in [0.3, 0.4) is 0 Å². The Morgan fingerprint density at radius 3 is 1.46 bits per heavy atom. The molecule has 0 aromatic carbocycles. The minimum Gasteiger partial charge on any atom is -0.270 e. The molecule has 3 nitrogen and oxygen atoms in total. The van der Waals surface area contributed by atoms with Crippen LogP contribution < -0.4 is 5.48 Å². The molecule has 0 aromatic rings. The minimum absolute atomic E-state index is 0.123. The van der Waals surface area contributed by atoms with Gasteiger partial charge in [0.2, 0.25) is 0 Å². The first-order valence-electron chi connectivity index (χ1n) is 11.3. The predicted molar refractivity (Wildman–Crippen MR) is 117 cm³/mol. The summed E-state index contributed by atoms with van der Waals surface area (Å²) in [6.07, 6.45) is 24.3. The number of hydrogen-bond donors (Lipinski definition) is 2. The van der Waals surface area contributed by atoms with Crippen LogP contribution in [0.15, 0.2) is 0 Å². The Morgan fingerprint density at radius 1 is 0.731 bits per heavy atom. The summed E-state index contributed by atoms with van der Waals surface area (Å²) in [6.45, 7) is 4.37. The molecule has 0 saturated heterocycles. The standard InChI is InChI=1S/C22H45NO2S/c1-3-5-6-7-8-9-10-11-12-13-14-15-16-17-18-19-20-21(4-2)25-23-22(24)26/h21H,3-20H2,1-2H3,(H2,23,24,26). The lowest BCUT2D eigenvalue weighted by Gasteiger charge is -2.14. The summed E-state index contributed by atoms with van der Waals surface area (Å²) in [4.78, 5) is 16.0. The molecule has 0 aliphatic rings. The normalized spacial score (nSPS) is 12.3. The summed E-state index contributed by atoms with van der Waals surface area (Å²) in [7, 11) is 0. The van der Waals surface area contributed by atoms with E-state index in [-0.39, 0.29) is 6.10 Å². The van der Waals surface area contributed by atoms with E-state index in [0.29, 0.717) is 0 Å². The van der Waals surface area contributed by atoms with E-state index >= 15 is 0 Å². The smallest absolute Gasteiger partial charge is 0.270 e. The molecule has 0 aliphatic carbocycles. The van der Waals surface area contributed by atoms with Gasteiger partial charge in [-0.3, -0.25) is 9.63 Å². The second kappa shape index (κ2) is 21.1. The lowest BCUT2D eigenvalue weighted by Crippen LogP contribution is -2.25. The molecule has 0 aliphatic heterocycles. The van der Waals surface area contributed by atoms with Gasteiger partial charge in [0.1, 0.15) is 0 Å². The van der Waals surface area contributed by atoms with E-state index < -0.39 is 5.24 Å². The molecule has 1 unspecified atom stereocenters. The lowest BCUT2D eigenvalue weighted by atomic mass is 10.0. The number of amides is 1. The molecule has 1 N–H and O–H groups in total. The molecule has 0 saturated carbocycles. The molecule has 0 heterocycles. The summed E-state index contributed by atoms with van der Waals surface area (Å²) in [5.74, 6) is 0. The number of thiol groups is 1. The van der Waals surface area contributed by atoms with Crippen molar-refractivity contribution in [2.24, 2.45) is 0 Å². The molecule has 0 radical (unpaired) electrons. The lowest BCUT2D eigenvalue weighted by molar-refractivity contribution is -0.00574. The molecule has 0 fully saturated rings. The van der Waals surface area contributed by atoms with E-state index in [4.69, 9.17) is 4.84 Å². The fraction of sp³-hybridized carbons (Fsp3) is 0.955. The van der Waals surface area contributed by atoms with E-state index in [1.807, 2.05) is 0 Å². The Bertz CT molecular complexity index is 300. The van der Waals surface area contributed by atoms with E-state index in [1.165, 1.54) is 103 Å². The molecule has 1 atom stereocenters. The fourth-order valence-electron chi connectivity index (χ4n) is 3.40. The molecule has 0 bridgehead atoms. The summed E-state index contributed by atoms with van der Waals surface area (Å²) >= 11 is 3.64. The van der Waals surface area contributed by atoms with Crippen LogP contribution in [0.2, 0.25) is 0 Å². The topological polar surface area (TPSA) is 38.3 Å². The van der Waals surface area contributed by atoms with Crippen LogP contribution in [0.25, 0.3) is 0 Å². The second-order valence-electron chi connectivity index (χ2n) is 7.65. The Hall–Kier alpha value is -0.220. The van der Waals surface area contributed by atoms with E-state index in [9.17, 15) is 4.79 Å². The van der Waals surface area contributed by atoms with Crippen molar-refractivity contribution < 1.29 is 9.63 Å². The highest BCUT2D eigenvalue weighted by molar-refractivity contribution is 7.96. The predicted octanol–water partition coefficient (Wildman–Crippen LogP) is 7.99. The number of unbranched alkanes of at least 4 members (excludes halogenated alkanes) is 15. The third-order valence-electron chi connectivity index (χ3n) is 5.15. The summed E-state index contributed by atoms with van der Waals surface area (Å²) in [5, 5.41) is -0.421. The highest BCUT2D eigenvalue weighted by atomic mass is 32.1. The van der Waals surface area contributed by atoms with E-state index in [1.54, 1.807) is 0 Å². The van der Waals surface area contributed by atoms with Gasteiger partial charge >= 0.3 is 0 Å². The van der Waals surface area contributed by atoms with Gasteiger partial charge < -0.3 is 0 Å². The van der Waals surface area contributed by atoms with Crippen LogP contribution in [-0.4, -0.2) is 11.3 Å². The van der Waals surface area contributed by atoms with Gasteiger partial charge in [0.05, 0.1) is 6.10 Å². The van der Waals surface area contributed by atoms with Gasteiger partial charge in [-0.15, -0.1) is 0 Å². The first-order chi connectivity index (χ1) is 12.7. The van der Waals surface area contributed by atoms with Crippen LogP contribution in [0, 0.1) is 0 Å². The number of hydroxylamine groups is 1. The van der Waals surface area contributed by atoms with Crippen molar-refractivity contribution in [3.05, 3.63) is 0 Å². The molecule has 156 valence electrons. The number of hydrogen-bond acceptors (Lipinski definition) is 2. The SMILES string of the molecule is CCCCCCCCCCCCCCCCCCC(CC)ONC(=O)S. The number of rotatable bonds is 20. The van der Waals surface area contributed by atoms with Crippen molar-refractivity contribution in [3.8, 4) is 0 Å². The van der Waals surface area contributed by atoms with Gasteiger partial charge in [-0.25, -0.2) is 5.48 Å². The first kappa shape index (κ1) is 25.8. The Labute approximate surface area is 168 Å². The molecule has 0 aromatic heterocycles. The maximum absolute atomic E-state index is 10.7. The van der Waals surface area contributed by atoms with Gasteiger partial charge in [0, 0.05) is 0 Å². The highest BCUT2D eigenvalue weighted by Gasteiger charge is 2.07. The monoisotopic (exact) mass is 387 g/mol. The molecule has 26 heavy (non-hydrogen) atoms. The van der Waals surface area contributed by atoms with Crippen LogP contribution >= 0.6 is 12.6 Å². The van der Waals surface area contributed by atoms with E-state index in [2.05, 4.69) is 32.0 Å². The minimum atomic E-state index is -0.421. The van der Waals surface area contributed by atoms with Gasteiger partial charge in [0.25, 0.3) is 5.24 Å². The largest absolute Gasteiger partial charge is 0.299 e. The van der Waals surface area contributed by atoms with Gasteiger partial charge in [-0.2, -0.15) is 0 Å². The van der Waals surface area contributed by atoms with Crippen LogP contribution in [0.5, 0.6) is 0 Å². The van der Waals surface area contributed by atoms with Crippen molar-refractivity contribution in [1.29, 1.82) is 0 Å². The fourth-order valence-corrected chi connectivity index (χ4v) is 3.45. The average Bonchev–Trinajstić information content (AvgIpc) is 2.63. The number of carbonyl (C=O) groups is 1. The third-order valence-corrected chi connectivity index (χ3v) is 5.24. The molecule has 0 spiro atoms. The number of carbonyl (C=O) groups excluding carboxylic acids is 1. The zero-order valence-electron chi connectivity index (χ0n) is 17.6. The van der Waals surface area contributed by atoms with E-state index in [0.717, 1.165) is 12.8 Å². The maximum Gasteiger partial charge on any atom is 0.299 e. The van der Waals surface area contributed by atoms with Crippen molar-refractivity contribution >= 4 is 17.9 Å². The van der Waals surface area contributed by atoms with Crippen molar-refractivity contribution in [3.63, 3.8) is 0 Å². The van der Waals surface area contributed by atoms with Gasteiger partial charge in [-0.1, -0.05) is 129 Å². The second-order valence-corrected chi connectivity index (χ2v) is 8.05. The van der Waals surface area contributed by atoms with Gasteiger partial charge in [-0.05, 0) is 12.8 Å². The van der Waals surface area contributed by atoms with Crippen molar-refractivity contribution in [2.75, 3.05) is 0 Å². The summed E-state index contributed by atoms with van der Waals surface area (Å²) < 4.78 is 0. The van der Waals surface area contributed by atoms with Crippen LogP contribution in [0.4, 0.5) is 4.79 Å². The molecule has 4 heteroatoms. The molecular formula is C22H45NO2S. The van der Waals surface area contributed by atoms with Crippen LogP contribution in [-0.2, 0) is 4.84 Å². The van der Waals surface area contributed by atoms with Crippen molar-refractivity contribution in [2.45, 2.75) is 136 Å². The summed E-state index contributed by atoms with van der Waals surface area (Å²) in [5.41, 5.74) is 2.33.